The van der Waals surface area contributed by atoms with Gasteiger partial charge < -0.3 is 15.2 Å². The molecule has 1 rings (SSSR count). The third-order valence-electron chi connectivity index (χ3n) is 2.91. The van der Waals surface area contributed by atoms with E-state index in [4.69, 9.17) is 4.52 Å². The average molecular weight is 295 g/mol. The largest absolute Gasteiger partial charge is 0.357 e. The summed E-state index contributed by atoms with van der Waals surface area (Å²) in [6.07, 6.45) is 3.59. The van der Waals surface area contributed by atoms with Crippen LogP contribution in [0.2, 0.25) is 0 Å². The molecule has 0 aromatic carbocycles. The Hall–Kier alpha value is -1.59. The number of aliphatic imine (C=N–C) groups is 1. The molecule has 0 aliphatic heterocycles. The minimum absolute atomic E-state index is 0.127. The van der Waals surface area contributed by atoms with E-state index in [1.54, 1.807) is 0 Å². The average Bonchev–Trinajstić information content (AvgIpc) is 2.89. The quantitative estimate of drug-likeness (QED) is 0.459. The fraction of sp³-hybridized carbons (Fsp3) is 0.800. The minimum atomic E-state index is -0.127. The van der Waals surface area contributed by atoms with Crippen LogP contribution >= 0.6 is 0 Å². The van der Waals surface area contributed by atoms with E-state index >= 15 is 0 Å². The Morgan fingerprint density at radius 1 is 1.19 bits per heavy atom. The van der Waals surface area contributed by atoms with Gasteiger partial charge in [-0.05, 0) is 13.3 Å². The van der Waals surface area contributed by atoms with E-state index in [1.807, 2.05) is 20.8 Å². The van der Waals surface area contributed by atoms with Crippen LogP contribution in [0.15, 0.2) is 9.52 Å². The normalized spacial score (nSPS) is 12.5. The van der Waals surface area contributed by atoms with E-state index in [9.17, 15) is 0 Å². The van der Waals surface area contributed by atoms with Crippen molar-refractivity contribution < 1.29 is 4.52 Å². The Labute approximate surface area is 127 Å². The standard InChI is InChI=1S/C15H29N5O/c1-6-8-9-10-17-14(16-7-2)18-11-12-19-13(21-20-12)15(3,4)5/h6-11H2,1-5H3,(H2,16,17,18). The van der Waals surface area contributed by atoms with Crippen LogP contribution in [0.3, 0.4) is 0 Å². The monoisotopic (exact) mass is 295 g/mol. The maximum absolute atomic E-state index is 5.26. The van der Waals surface area contributed by atoms with Crippen LogP contribution in [0.5, 0.6) is 0 Å². The van der Waals surface area contributed by atoms with E-state index in [-0.39, 0.29) is 5.41 Å². The predicted molar refractivity (Wildman–Crippen MR) is 85.3 cm³/mol. The van der Waals surface area contributed by atoms with E-state index < -0.39 is 0 Å². The van der Waals surface area contributed by atoms with Crippen LogP contribution < -0.4 is 10.6 Å². The predicted octanol–water partition coefficient (Wildman–Crippen LogP) is 2.61. The highest BCUT2D eigenvalue weighted by Gasteiger charge is 2.21. The number of nitrogens with zero attached hydrogens (tertiary/aromatic N) is 3. The molecule has 0 atom stereocenters. The first kappa shape index (κ1) is 17.5. The van der Waals surface area contributed by atoms with Gasteiger partial charge in [-0.1, -0.05) is 45.7 Å². The summed E-state index contributed by atoms with van der Waals surface area (Å²) >= 11 is 0. The highest BCUT2D eigenvalue weighted by Crippen LogP contribution is 2.19. The number of rotatable bonds is 7. The molecule has 1 aromatic rings. The van der Waals surface area contributed by atoms with Crippen molar-refractivity contribution in [2.24, 2.45) is 4.99 Å². The first-order valence-electron chi connectivity index (χ1n) is 7.82. The summed E-state index contributed by atoms with van der Waals surface area (Å²) < 4.78 is 5.26. The molecule has 0 spiro atoms. The minimum Gasteiger partial charge on any atom is -0.357 e. The van der Waals surface area contributed by atoms with Crippen molar-refractivity contribution in [1.29, 1.82) is 0 Å². The van der Waals surface area contributed by atoms with E-state index in [2.05, 4.69) is 39.6 Å². The van der Waals surface area contributed by atoms with Gasteiger partial charge in [-0.2, -0.15) is 4.98 Å². The van der Waals surface area contributed by atoms with E-state index in [0.717, 1.165) is 25.5 Å². The second kappa shape index (κ2) is 8.64. The van der Waals surface area contributed by atoms with Crippen molar-refractivity contribution in [3.05, 3.63) is 11.7 Å². The molecule has 21 heavy (non-hydrogen) atoms. The number of aromatic nitrogens is 2. The zero-order valence-corrected chi connectivity index (χ0v) is 14.0. The lowest BCUT2D eigenvalue weighted by molar-refractivity contribution is 0.318. The number of hydrogen-bond donors (Lipinski definition) is 2. The number of unbranched alkanes of at least 4 members (excludes halogenated alkanes) is 2. The van der Waals surface area contributed by atoms with Gasteiger partial charge in [0.2, 0.25) is 5.89 Å². The fourth-order valence-corrected chi connectivity index (χ4v) is 1.70. The van der Waals surface area contributed by atoms with Crippen molar-refractivity contribution in [3.63, 3.8) is 0 Å². The molecule has 1 heterocycles. The summed E-state index contributed by atoms with van der Waals surface area (Å²) in [5.74, 6) is 2.06. The zero-order chi connectivity index (χ0) is 15.7. The Morgan fingerprint density at radius 2 is 1.95 bits per heavy atom. The van der Waals surface area contributed by atoms with Gasteiger partial charge in [0, 0.05) is 18.5 Å². The van der Waals surface area contributed by atoms with Crippen LogP contribution in [0.4, 0.5) is 0 Å². The molecule has 0 saturated heterocycles. The molecular weight excluding hydrogens is 266 g/mol. The summed E-state index contributed by atoms with van der Waals surface area (Å²) in [5.41, 5.74) is -0.127. The lowest BCUT2D eigenvalue weighted by Crippen LogP contribution is -2.37. The Kier molecular flexibility index (Phi) is 7.19. The smallest absolute Gasteiger partial charge is 0.232 e. The molecule has 0 bridgehead atoms. The highest BCUT2D eigenvalue weighted by molar-refractivity contribution is 5.79. The molecule has 0 fully saturated rings. The van der Waals surface area contributed by atoms with Gasteiger partial charge in [0.15, 0.2) is 11.8 Å². The van der Waals surface area contributed by atoms with Crippen molar-refractivity contribution in [3.8, 4) is 0 Å². The number of hydrogen-bond acceptors (Lipinski definition) is 4. The summed E-state index contributed by atoms with van der Waals surface area (Å²) in [7, 11) is 0. The van der Waals surface area contributed by atoms with Crippen molar-refractivity contribution in [1.82, 2.24) is 20.8 Å². The Balaban J connectivity index is 2.54. The molecule has 0 amide bonds. The SMILES string of the molecule is CCCCCNC(=NCc1noc(C(C)(C)C)n1)NCC. The lowest BCUT2D eigenvalue weighted by atomic mass is 9.97. The molecule has 6 nitrogen and oxygen atoms in total. The van der Waals surface area contributed by atoms with Gasteiger partial charge >= 0.3 is 0 Å². The molecule has 0 aliphatic rings. The molecule has 0 saturated carbocycles. The third kappa shape index (κ3) is 6.60. The first-order valence-corrected chi connectivity index (χ1v) is 7.82. The van der Waals surface area contributed by atoms with Gasteiger partial charge in [-0.25, -0.2) is 4.99 Å². The molecule has 0 aliphatic carbocycles. The lowest BCUT2D eigenvalue weighted by Gasteiger charge is -2.10. The van der Waals surface area contributed by atoms with Crippen molar-refractivity contribution in [2.75, 3.05) is 13.1 Å². The van der Waals surface area contributed by atoms with Crippen LogP contribution in [0.25, 0.3) is 0 Å². The van der Waals surface area contributed by atoms with Gasteiger partial charge in [0.1, 0.15) is 6.54 Å². The molecule has 2 N–H and O–H groups in total. The summed E-state index contributed by atoms with van der Waals surface area (Å²) in [6.45, 7) is 12.6. The maximum Gasteiger partial charge on any atom is 0.232 e. The first-order chi connectivity index (χ1) is 9.97. The van der Waals surface area contributed by atoms with Crippen molar-refractivity contribution in [2.45, 2.75) is 65.8 Å². The summed E-state index contributed by atoms with van der Waals surface area (Å²) in [4.78, 5) is 8.87. The van der Waals surface area contributed by atoms with E-state index in [0.29, 0.717) is 18.3 Å². The zero-order valence-electron chi connectivity index (χ0n) is 14.0. The van der Waals surface area contributed by atoms with Crippen LogP contribution in [0, 0.1) is 0 Å². The molecule has 1 aromatic heterocycles. The van der Waals surface area contributed by atoms with Gasteiger partial charge in [-0.3, -0.25) is 0 Å². The van der Waals surface area contributed by atoms with Gasteiger partial charge in [0.25, 0.3) is 0 Å². The van der Waals surface area contributed by atoms with Crippen LogP contribution in [0.1, 0.15) is 65.6 Å². The van der Waals surface area contributed by atoms with E-state index in [1.165, 1.54) is 12.8 Å². The number of nitrogens with one attached hydrogen (secondary N) is 2. The Morgan fingerprint density at radius 3 is 2.52 bits per heavy atom. The molecule has 0 radical (unpaired) electrons. The van der Waals surface area contributed by atoms with Gasteiger partial charge in [0.05, 0.1) is 0 Å². The van der Waals surface area contributed by atoms with Gasteiger partial charge in [-0.15, -0.1) is 0 Å². The molecule has 120 valence electrons. The number of guanidine groups is 1. The molecule has 6 heteroatoms. The summed E-state index contributed by atoms with van der Waals surface area (Å²) in [5, 5.41) is 10.5. The highest BCUT2D eigenvalue weighted by atomic mass is 16.5. The molecular formula is C15H29N5O. The third-order valence-corrected chi connectivity index (χ3v) is 2.91. The second-order valence-electron chi connectivity index (χ2n) is 6.09. The fourth-order valence-electron chi connectivity index (χ4n) is 1.70. The van der Waals surface area contributed by atoms with Crippen LogP contribution in [-0.4, -0.2) is 29.2 Å². The second-order valence-corrected chi connectivity index (χ2v) is 6.09. The Bertz CT molecular complexity index is 434. The van der Waals surface area contributed by atoms with Crippen molar-refractivity contribution >= 4 is 5.96 Å². The summed E-state index contributed by atoms with van der Waals surface area (Å²) in [6, 6.07) is 0. The molecule has 0 unspecified atom stereocenters. The van der Waals surface area contributed by atoms with Crippen LogP contribution in [-0.2, 0) is 12.0 Å². The topological polar surface area (TPSA) is 75.3 Å². The maximum atomic E-state index is 5.26.